The van der Waals surface area contributed by atoms with Crippen LogP contribution in [0.15, 0.2) is 53.3 Å². The van der Waals surface area contributed by atoms with Crippen LogP contribution >= 0.6 is 0 Å². The second-order valence-electron chi connectivity index (χ2n) is 9.57. The van der Waals surface area contributed by atoms with Crippen LogP contribution in [0, 0.1) is 0 Å². The molecule has 0 spiro atoms. The standard InChI is InChI=1S/C31H33N3O8/c1-17(35)33-23-12-8-19-14-26(39-2)29(40-3)30(41-4)28(19)21-11-13-24(25(36)15-22(21)23)32-16-27(37)34-20-9-6-18(7-10-20)31(38)42-5/h6-7,9-11,13-15,23H,8,12,16H2,1-5H3,(H,32,36)(H,33,35)(H,34,37). The molecule has 4 rings (SSSR count). The molecule has 0 saturated carbocycles. The van der Waals surface area contributed by atoms with E-state index >= 15 is 0 Å². The van der Waals surface area contributed by atoms with E-state index in [1.807, 2.05) is 6.07 Å². The average Bonchev–Trinajstić information content (AvgIpc) is 3.23. The first-order valence-corrected chi connectivity index (χ1v) is 13.2. The Balaban J connectivity index is 1.69. The number of carbonyl (C=O) groups is 3. The van der Waals surface area contributed by atoms with E-state index in [2.05, 4.69) is 20.7 Å². The van der Waals surface area contributed by atoms with Crippen molar-refractivity contribution in [1.82, 2.24) is 5.32 Å². The fourth-order valence-electron chi connectivity index (χ4n) is 5.04. The number of anilines is 2. The number of nitrogens with one attached hydrogen (secondary N) is 3. The molecule has 0 radical (unpaired) electrons. The van der Waals surface area contributed by atoms with Gasteiger partial charge < -0.3 is 34.9 Å². The van der Waals surface area contributed by atoms with Gasteiger partial charge >= 0.3 is 5.97 Å². The molecule has 0 aromatic heterocycles. The lowest BCUT2D eigenvalue weighted by atomic mass is 9.95. The minimum atomic E-state index is -0.480. The summed E-state index contributed by atoms with van der Waals surface area (Å²) in [5.41, 5.74) is 3.60. The maximum atomic E-state index is 13.4. The molecule has 1 aliphatic rings. The second-order valence-corrected chi connectivity index (χ2v) is 9.57. The third-order valence-corrected chi connectivity index (χ3v) is 6.95. The summed E-state index contributed by atoms with van der Waals surface area (Å²) in [6, 6.07) is 12.5. The van der Waals surface area contributed by atoms with Gasteiger partial charge in [-0.25, -0.2) is 4.79 Å². The molecule has 0 heterocycles. The zero-order chi connectivity index (χ0) is 30.4. The van der Waals surface area contributed by atoms with Crippen molar-refractivity contribution in [2.45, 2.75) is 25.8 Å². The number of aryl methyl sites for hydroxylation is 1. The molecule has 11 heteroatoms. The minimum absolute atomic E-state index is 0.192. The summed E-state index contributed by atoms with van der Waals surface area (Å²) in [7, 11) is 5.89. The molecule has 42 heavy (non-hydrogen) atoms. The van der Waals surface area contributed by atoms with E-state index in [0.717, 1.165) is 11.1 Å². The van der Waals surface area contributed by atoms with Crippen LogP contribution in [-0.2, 0) is 20.7 Å². The number of carbonyl (C=O) groups excluding carboxylic acids is 3. The Morgan fingerprint density at radius 3 is 2.24 bits per heavy atom. The maximum absolute atomic E-state index is 13.4. The first-order valence-electron chi connectivity index (χ1n) is 13.2. The Morgan fingerprint density at radius 2 is 1.62 bits per heavy atom. The number of benzene rings is 2. The molecule has 220 valence electrons. The SMILES string of the molecule is COC(=O)c1ccc(NC(=O)CNc2ccc3c(cc2=O)C(NC(C)=O)CCc2cc(OC)c(OC)c(OC)c2-3)cc1. The first-order chi connectivity index (χ1) is 20.2. The molecular weight excluding hydrogens is 542 g/mol. The van der Waals surface area contributed by atoms with E-state index in [1.165, 1.54) is 46.5 Å². The number of methoxy groups -OCH3 is 4. The number of amides is 2. The lowest BCUT2D eigenvalue weighted by Gasteiger charge is -2.19. The number of esters is 1. The van der Waals surface area contributed by atoms with Gasteiger partial charge in [0.1, 0.15) is 0 Å². The number of rotatable bonds is 9. The molecule has 1 aliphatic carbocycles. The van der Waals surface area contributed by atoms with Crippen LogP contribution in [0.4, 0.5) is 11.4 Å². The van der Waals surface area contributed by atoms with Crippen molar-refractivity contribution in [3.63, 3.8) is 0 Å². The van der Waals surface area contributed by atoms with Gasteiger partial charge in [-0.1, -0.05) is 6.07 Å². The van der Waals surface area contributed by atoms with Gasteiger partial charge in [-0.3, -0.25) is 14.4 Å². The van der Waals surface area contributed by atoms with Gasteiger partial charge in [0.15, 0.2) is 11.5 Å². The summed E-state index contributed by atoms with van der Waals surface area (Å²) in [4.78, 5) is 49.8. The molecule has 0 fully saturated rings. The van der Waals surface area contributed by atoms with Crippen molar-refractivity contribution in [2.75, 3.05) is 45.6 Å². The smallest absolute Gasteiger partial charge is 0.337 e. The highest BCUT2D eigenvalue weighted by molar-refractivity contribution is 5.95. The van der Waals surface area contributed by atoms with Crippen molar-refractivity contribution in [1.29, 1.82) is 0 Å². The Bertz CT molecular complexity index is 1570. The molecule has 3 aromatic rings. The number of fused-ring (bicyclic) bond motifs is 3. The molecular formula is C31H33N3O8. The van der Waals surface area contributed by atoms with E-state index in [0.29, 0.717) is 52.5 Å². The highest BCUT2D eigenvalue weighted by atomic mass is 16.5. The molecule has 3 N–H and O–H groups in total. The summed E-state index contributed by atoms with van der Waals surface area (Å²) in [5, 5.41) is 8.60. The van der Waals surface area contributed by atoms with Crippen LogP contribution in [0.1, 0.15) is 40.9 Å². The Hall–Kier alpha value is -5.06. The summed E-state index contributed by atoms with van der Waals surface area (Å²) in [6.07, 6.45) is 1.11. The maximum Gasteiger partial charge on any atom is 0.337 e. The third kappa shape index (κ3) is 6.30. The topological polar surface area (TPSA) is 141 Å². The normalized spacial score (nSPS) is 13.4. The zero-order valence-corrected chi connectivity index (χ0v) is 24.1. The summed E-state index contributed by atoms with van der Waals surface area (Å²) in [5.74, 6) is 0.256. The monoisotopic (exact) mass is 575 g/mol. The van der Waals surface area contributed by atoms with E-state index in [4.69, 9.17) is 14.2 Å². The first kappa shape index (κ1) is 29.9. The van der Waals surface area contributed by atoms with Crippen LogP contribution in [0.5, 0.6) is 17.2 Å². The van der Waals surface area contributed by atoms with Gasteiger partial charge in [-0.05, 0) is 72.0 Å². The number of hydrogen-bond acceptors (Lipinski definition) is 9. The van der Waals surface area contributed by atoms with Gasteiger partial charge in [-0.2, -0.15) is 0 Å². The van der Waals surface area contributed by atoms with Crippen LogP contribution in [0.3, 0.4) is 0 Å². The molecule has 1 atom stereocenters. The van der Waals surface area contributed by atoms with E-state index in [-0.39, 0.29) is 23.6 Å². The third-order valence-electron chi connectivity index (χ3n) is 6.95. The van der Waals surface area contributed by atoms with E-state index in [9.17, 15) is 19.2 Å². The van der Waals surface area contributed by atoms with Crippen molar-refractivity contribution in [2.24, 2.45) is 0 Å². The fraction of sp³-hybridized carbons (Fsp3) is 0.290. The molecule has 0 saturated heterocycles. The van der Waals surface area contributed by atoms with E-state index < -0.39 is 17.9 Å². The summed E-state index contributed by atoms with van der Waals surface area (Å²) < 4.78 is 21.6. The molecule has 3 aromatic carbocycles. The van der Waals surface area contributed by atoms with Crippen molar-refractivity contribution in [3.8, 4) is 28.4 Å². The molecule has 0 aliphatic heterocycles. The van der Waals surface area contributed by atoms with Crippen molar-refractivity contribution >= 4 is 29.2 Å². The zero-order valence-electron chi connectivity index (χ0n) is 24.1. The lowest BCUT2D eigenvalue weighted by molar-refractivity contribution is -0.119. The quantitative estimate of drug-likeness (QED) is 0.326. The van der Waals surface area contributed by atoms with E-state index in [1.54, 1.807) is 31.4 Å². The van der Waals surface area contributed by atoms with Gasteiger partial charge in [-0.15, -0.1) is 0 Å². The van der Waals surface area contributed by atoms with Gasteiger partial charge in [0, 0.05) is 18.2 Å². The Morgan fingerprint density at radius 1 is 0.905 bits per heavy atom. The Kier molecular flexibility index (Phi) is 9.31. The predicted molar refractivity (Wildman–Crippen MR) is 158 cm³/mol. The minimum Gasteiger partial charge on any atom is -0.493 e. The summed E-state index contributed by atoms with van der Waals surface area (Å²) >= 11 is 0. The molecule has 1 unspecified atom stereocenters. The lowest BCUT2D eigenvalue weighted by Crippen LogP contribution is -2.27. The molecule has 11 nitrogen and oxygen atoms in total. The van der Waals surface area contributed by atoms with Crippen LogP contribution in [0.25, 0.3) is 11.1 Å². The van der Waals surface area contributed by atoms with Gasteiger partial charge in [0.2, 0.25) is 23.0 Å². The molecule has 0 bridgehead atoms. The summed E-state index contributed by atoms with van der Waals surface area (Å²) in [6.45, 7) is 1.24. The van der Waals surface area contributed by atoms with Crippen molar-refractivity contribution < 1.29 is 33.3 Å². The predicted octanol–water partition coefficient (Wildman–Crippen LogP) is 3.70. The largest absolute Gasteiger partial charge is 0.493 e. The average molecular weight is 576 g/mol. The van der Waals surface area contributed by atoms with Crippen molar-refractivity contribution in [3.05, 3.63) is 75.4 Å². The Labute approximate surface area is 243 Å². The second kappa shape index (κ2) is 13.1. The fourth-order valence-corrected chi connectivity index (χ4v) is 5.04. The van der Waals surface area contributed by atoms with Gasteiger partial charge in [0.25, 0.3) is 0 Å². The van der Waals surface area contributed by atoms with Gasteiger partial charge in [0.05, 0.1) is 52.3 Å². The van der Waals surface area contributed by atoms with Crippen LogP contribution < -0.4 is 35.6 Å². The van der Waals surface area contributed by atoms with Crippen LogP contribution in [0.2, 0.25) is 0 Å². The highest BCUT2D eigenvalue weighted by Crippen LogP contribution is 2.50. The number of hydrogen-bond donors (Lipinski definition) is 3. The molecule has 2 amide bonds. The number of ether oxygens (including phenoxy) is 4. The highest BCUT2D eigenvalue weighted by Gasteiger charge is 2.29. The van der Waals surface area contributed by atoms with Crippen LogP contribution in [-0.4, -0.2) is 52.8 Å².